The number of aliphatic hydroxyl groups is 2. The number of H-pyrrole nitrogens is 1. The number of unbranched alkanes of at least 4 members (excludes halogenated alkanes) is 2. The number of β-amino-alcohol motifs (C(OH)–C–C–N with tert-alkyl or cyclic N) is 1. The monoisotopic (exact) mass is 381 g/mol. The van der Waals surface area contributed by atoms with Gasteiger partial charge in [0, 0.05) is 37.1 Å². The van der Waals surface area contributed by atoms with Crippen molar-refractivity contribution in [2.75, 3.05) is 19.7 Å². The van der Waals surface area contributed by atoms with E-state index in [4.69, 9.17) is 9.52 Å². The van der Waals surface area contributed by atoms with E-state index in [9.17, 15) is 9.90 Å². The second-order valence-corrected chi connectivity index (χ2v) is 7.16. The number of likely N-dealkylation sites (tertiary alicyclic amines) is 1. The Hall–Kier alpha value is -2.66. The molecule has 7 heteroatoms. The smallest absolute Gasteiger partial charge is 0.294 e. The van der Waals surface area contributed by atoms with Gasteiger partial charge in [0.15, 0.2) is 0 Å². The van der Waals surface area contributed by atoms with Crippen molar-refractivity contribution >= 4 is 22.1 Å². The highest BCUT2D eigenvalue weighted by molar-refractivity contribution is 6.02. The molecule has 0 amide bonds. The van der Waals surface area contributed by atoms with Crippen molar-refractivity contribution in [3.63, 3.8) is 0 Å². The Kier molecular flexibility index (Phi) is 5.44. The van der Waals surface area contributed by atoms with Crippen LogP contribution in [0.5, 0.6) is 0 Å². The predicted octanol–water partition coefficient (Wildman–Crippen LogP) is 1.75. The summed E-state index contributed by atoms with van der Waals surface area (Å²) in [5.41, 5.74) is 1.90. The van der Waals surface area contributed by atoms with Crippen LogP contribution in [0.25, 0.3) is 22.1 Å². The molecular weight excluding hydrogens is 358 g/mol. The Labute approximate surface area is 162 Å². The molecule has 1 atom stereocenters. The van der Waals surface area contributed by atoms with Gasteiger partial charge in [-0.05, 0) is 37.5 Å². The SMILES string of the molecule is O=c1[nH]c(CN2CC[C@H](O)C2)nc2c1oc1ccc(C#CCCCCO)cc12. The van der Waals surface area contributed by atoms with E-state index in [1.165, 1.54) is 0 Å². The van der Waals surface area contributed by atoms with E-state index in [0.29, 0.717) is 30.0 Å². The molecule has 3 heterocycles. The molecule has 1 aliphatic rings. The van der Waals surface area contributed by atoms with Gasteiger partial charge in [-0.2, -0.15) is 0 Å². The van der Waals surface area contributed by atoms with E-state index >= 15 is 0 Å². The number of furan rings is 1. The fourth-order valence-electron chi connectivity index (χ4n) is 3.51. The number of benzene rings is 1. The molecule has 7 nitrogen and oxygen atoms in total. The fraction of sp³-hybridized carbons (Fsp3) is 0.429. The highest BCUT2D eigenvalue weighted by Crippen LogP contribution is 2.26. The normalized spacial score (nSPS) is 17.3. The molecule has 0 bridgehead atoms. The quantitative estimate of drug-likeness (QED) is 0.460. The van der Waals surface area contributed by atoms with Crippen LogP contribution in [0.15, 0.2) is 27.4 Å². The van der Waals surface area contributed by atoms with Crippen molar-refractivity contribution in [1.82, 2.24) is 14.9 Å². The number of aliphatic hydroxyl groups excluding tert-OH is 2. The van der Waals surface area contributed by atoms with Crippen molar-refractivity contribution in [3.8, 4) is 11.8 Å². The van der Waals surface area contributed by atoms with Crippen molar-refractivity contribution in [2.24, 2.45) is 0 Å². The van der Waals surface area contributed by atoms with Gasteiger partial charge in [0.05, 0.1) is 12.6 Å². The van der Waals surface area contributed by atoms with Crippen LogP contribution in [0, 0.1) is 11.8 Å². The summed E-state index contributed by atoms with van der Waals surface area (Å²) in [7, 11) is 0. The maximum absolute atomic E-state index is 12.5. The summed E-state index contributed by atoms with van der Waals surface area (Å²) in [6, 6.07) is 5.57. The zero-order valence-electron chi connectivity index (χ0n) is 15.6. The van der Waals surface area contributed by atoms with Gasteiger partial charge in [0.1, 0.15) is 16.9 Å². The maximum Gasteiger partial charge on any atom is 0.294 e. The molecule has 1 fully saturated rings. The molecule has 1 aromatic carbocycles. The molecule has 3 N–H and O–H groups in total. The van der Waals surface area contributed by atoms with Gasteiger partial charge in [0.25, 0.3) is 5.56 Å². The Morgan fingerprint density at radius 1 is 1.36 bits per heavy atom. The summed E-state index contributed by atoms with van der Waals surface area (Å²) < 4.78 is 5.70. The van der Waals surface area contributed by atoms with Crippen LogP contribution in [0.1, 0.15) is 37.1 Å². The predicted molar refractivity (Wildman–Crippen MR) is 106 cm³/mol. The number of rotatable bonds is 5. The molecule has 3 aromatic rings. The number of hydrogen-bond donors (Lipinski definition) is 3. The number of aromatic nitrogens is 2. The minimum absolute atomic E-state index is 0.188. The van der Waals surface area contributed by atoms with E-state index in [2.05, 4.69) is 26.7 Å². The average Bonchev–Trinajstić information content (AvgIpc) is 3.25. The standard InChI is InChI=1S/C21H23N3O4/c25-10-4-2-1-3-5-14-6-7-17-16(11-14)19-20(28-17)21(27)23-18(22-19)13-24-9-8-15(26)12-24/h6-7,11,15,25-26H,1-2,4,8-10,12-13H2,(H,22,23,27)/t15-/m0/s1. The first-order valence-corrected chi connectivity index (χ1v) is 9.59. The molecule has 0 radical (unpaired) electrons. The van der Waals surface area contributed by atoms with Crippen LogP contribution in [0.4, 0.5) is 0 Å². The van der Waals surface area contributed by atoms with E-state index in [1.807, 2.05) is 18.2 Å². The second-order valence-electron chi connectivity index (χ2n) is 7.16. The number of fused-ring (bicyclic) bond motifs is 3. The lowest BCUT2D eigenvalue weighted by atomic mass is 10.1. The third-order valence-corrected chi connectivity index (χ3v) is 4.94. The molecule has 28 heavy (non-hydrogen) atoms. The fourth-order valence-corrected chi connectivity index (χ4v) is 3.51. The Morgan fingerprint density at radius 2 is 2.25 bits per heavy atom. The molecule has 0 spiro atoms. The van der Waals surface area contributed by atoms with Gasteiger partial charge in [-0.1, -0.05) is 11.8 Å². The number of aromatic amines is 1. The minimum atomic E-state index is -0.316. The van der Waals surface area contributed by atoms with Gasteiger partial charge >= 0.3 is 0 Å². The Morgan fingerprint density at radius 3 is 3.04 bits per heavy atom. The first kappa shape index (κ1) is 18.7. The number of nitrogens with one attached hydrogen (secondary N) is 1. The summed E-state index contributed by atoms with van der Waals surface area (Å²) in [5.74, 6) is 6.79. The molecule has 0 saturated carbocycles. The van der Waals surface area contributed by atoms with Gasteiger partial charge in [0.2, 0.25) is 5.58 Å². The van der Waals surface area contributed by atoms with E-state index in [0.717, 1.165) is 43.2 Å². The third-order valence-electron chi connectivity index (χ3n) is 4.94. The number of nitrogens with zero attached hydrogens (tertiary/aromatic N) is 2. The first-order chi connectivity index (χ1) is 13.6. The highest BCUT2D eigenvalue weighted by Gasteiger charge is 2.21. The largest absolute Gasteiger partial charge is 0.449 e. The van der Waals surface area contributed by atoms with E-state index < -0.39 is 0 Å². The molecule has 0 unspecified atom stereocenters. The summed E-state index contributed by atoms with van der Waals surface area (Å²) in [6.07, 6.45) is 2.77. The van der Waals surface area contributed by atoms with Crippen LogP contribution in [0.3, 0.4) is 0 Å². The topological polar surface area (TPSA) is 103 Å². The average molecular weight is 381 g/mol. The van der Waals surface area contributed by atoms with Gasteiger partial charge in [-0.25, -0.2) is 4.98 Å². The molecule has 0 aliphatic carbocycles. The van der Waals surface area contributed by atoms with Crippen LogP contribution in [0.2, 0.25) is 0 Å². The molecule has 146 valence electrons. The zero-order valence-corrected chi connectivity index (χ0v) is 15.6. The summed E-state index contributed by atoms with van der Waals surface area (Å²) >= 11 is 0. The number of hydrogen-bond acceptors (Lipinski definition) is 6. The summed E-state index contributed by atoms with van der Waals surface area (Å²) in [6.45, 7) is 2.04. The first-order valence-electron chi connectivity index (χ1n) is 9.59. The minimum Gasteiger partial charge on any atom is -0.449 e. The summed E-state index contributed by atoms with van der Waals surface area (Å²) in [5, 5.41) is 19.3. The summed E-state index contributed by atoms with van der Waals surface area (Å²) in [4.78, 5) is 21.9. The maximum atomic E-state index is 12.5. The lowest BCUT2D eigenvalue weighted by Crippen LogP contribution is -2.24. The van der Waals surface area contributed by atoms with Crippen LogP contribution < -0.4 is 5.56 Å². The van der Waals surface area contributed by atoms with Crippen molar-refractivity contribution in [1.29, 1.82) is 0 Å². The van der Waals surface area contributed by atoms with E-state index in [-0.39, 0.29) is 23.9 Å². The van der Waals surface area contributed by atoms with Crippen LogP contribution in [-0.2, 0) is 6.54 Å². The lowest BCUT2D eigenvalue weighted by molar-refractivity contribution is 0.174. The highest BCUT2D eigenvalue weighted by atomic mass is 16.3. The van der Waals surface area contributed by atoms with Crippen LogP contribution >= 0.6 is 0 Å². The van der Waals surface area contributed by atoms with Crippen LogP contribution in [-0.4, -0.2) is 50.9 Å². The molecule has 4 rings (SSSR count). The Bertz CT molecular complexity index is 1110. The third kappa shape index (κ3) is 3.94. The molecule has 1 saturated heterocycles. The Balaban J connectivity index is 1.65. The lowest BCUT2D eigenvalue weighted by Gasteiger charge is -2.13. The van der Waals surface area contributed by atoms with Gasteiger partial charge in [-0.15, -0.1) is 0 Å². The molecule has 2 aromatic heterocycles. The van der Waals surface area contributed by atoms with Gasteiger partial charge < -0.3 is 19.6 Å². The zero-order chi connectivity index (χ0) is 19.5. The van der Waals surface area contributed by atoms with Crippen molar-refractivity contribution < 1.29 is 14.6 Å². The molecule has 1 aliphatic heterocycles. The molecular formula is C21H23N3O4. The van der Waals surface area contributed by atoms with Gasteiger partial charge in [-0.3, -0.25) is 9.69 Å². The van der Waals surface area contributed by atoms with Crippen molar-refractivity contribution in [3.05, 3.63) is 39.9 Å². The second kappa shape index (κ2) is 8.15. The van der Waals surface area contributed by atoms with Crippen molar-refractivity contribution in [2.45, 2.75) is 38.3 Å². The van der Waals surface area contributed by atoms with E-state index in [1.54, 1.807) is 0 Å².